The minimum Gasteiger partial charge on any atom is -0.478 e. The molecule has 108 valence electrons. The predicted molar refractivity (Wildman–Crippen MR) is 68.1 cm³/mol. The standard InChI is InChI=1S/C12H13FN2O4S/c1-7(5-14)6-15-20(18,19)11-4-9(12(16)17)3-10(13)8(11)2/h3-4,7,15H,6H2,1-2H3,(H,16,17). The highest BCUT2D eigenvalue weighted by atomic mass is 32.2. The van der Waals surface area contributed by atoms with E-state index in [0.717, 1.165) is 12.1 Å². The summed E-state index contributed by atoms with van der Waals surface area (Å²) in [6, 6.07) is 3.50. The highest BCUT2D eigenvalue weighted by Gasteiger charge is 2.22. The van der Waals surface area contributed by atoms with Crippen LogP contribution in [0.25, 0.3) is 0 Å². The third-order valence-corrected chi connectivity index (χ3v) is 4.18. The molecule has 0 spiro atoms. The first-order valence-electron chi connectivity index (χ1n) is 5.61. The van der Waals surface area contributed by atoms with Crippen LogP contribution in [0, 0.1) is 30.0 Å². The molecule has 0 aromatic heterocycles. The molecule has 1 unspecified atom stereocenters. The summed E-state index contributed by atoms with van der Waals surface area (Å²) in [5.41, 5.74) is -0.631. The number of halogens is 1. The van der Waals surface area contributed by atoms with Gasteiger partial charge >= 0.3 is 5.97 Å². The summed E-state index contributed by atoms with van der Waals surface area (Å²) in [6.45, 7) is 2.62. The van der Waals surface area contributed by atoms with Crippen molar-refractivity contribution in [1.29, 1.82) is 5.26 Å². The third-order valence-electron chi connectivity index (χ3n) is 2.63. The molecule has 0 radical (unpaired) electrons. The summed E-state index contributed by atoms with van der Waals surface area (Å²) in [6.07, 6.45) is 0. The van der Waals surface area contributed by atoms with Gasteiger partial charge in [0.1, 0.15) is 5.82 Å². The minimum atomic E-state index is -4.08. The number of nitriles is 1. The van der Waals surface area contributed by atoms with E-state index in [1.165, 1.54) is 13.8 Å². The maximum atomic E-state index is 13.6. The predicted octanol–water partition coefficient (Wildman–Crippen LogP) is 1.27. The van der Waals surface area contributed by atoms with Gasteiger partial charge < -0.3 is 5.11 Å². The van der Waals surface area contributed by atoms with Crippen molar-refractivity contribution in [1.82, 2.24) is 4.72 Å². The van der Waals surface area contributed by atoms with Gasteiger partial charge in [-0.25, -0.2) is 22.3 Å². The zero-order valence-corrected chi connectivity index (χ0v) is 11.7. The number of aromatic carboxylic acids is 1. The number of carboxylic acids is 1. The number of sulfonamides is 1. The molecular weight excluding hydrogens is 287 g/mol. The number of carboxylic acid groups (broad SMARTS) is 1. The molecule has 1 aromatic carbocycles. The number of rotatable bonds is 5. The number of nitrogens with one attached hydrogen (secondary N) is 1. The summed E-state index contributed by atoms with van der Waals surface area (Å²) < 4.78 is 39.8. The van der Waals surface area contributed by atoms with Crippen LogP contribution in [0.1, 0.15) is 22.8 Å². The van der Waals surface area contributed by atoms with Crippen LogP contribution >= 0.6 is 0 Å². The first-order chi connectivity index (χ1) is 9.19. The van der Waals surface area contributed by atoms with Gasteiger partial charge in [0.2, 0.25) is 10.0 Å². The second kappa shape index (κ2) is 5.98. The molecule has 2 N–H and O–H groups in total. The van der Waals surface area contributed by atoms with E-state index >= 15 is 0 Å². The van der Waals surface area contributed by atoms with Crippen molar-refractivity contribution >= 4 is 16.0 Å². The Morgan fingerprint density at radius 2 is 2.15 bits per heavy atom. The van der Waals surface area contributed by atoms with Gasteiger partial charge in [0, 0.05) is 12.1 Å². The van der Waals surface area contributed by atoms with Crippen LogP contribution in [-0.2, 0) is 10.0 Å². The molecule has 8 heteroatoms. The zero-order chi connectivity index (χ0) is 15.5. The van der Waals surface area contributed by atoms with Crippen molar-refractivity contribution < 1.29 is 22.7 Å². The summed E-state index contributed by atoms with van der Waals surface area (Å²) >= 11 is 0. The molecule has 0 aliphatic rings. The molecule has 0 amide bonds. The first kappa shape index (κ1) is 16.1. The van der Waals surface area contributed by atoms with Crippen molar-refractivity contribution in [3.63, 3.8) is 0 Å². The highest BCUT2D eigenvalue weighted by Crippen LogP contribution is 2.20. The number of hydrogen-bond acceptors (Lipinski definition) is 4. The summed E-state index contributed by atoms with van der Waals surface area (Å²) in [7, 11) is -4.08. The van der Waals surface area contributed by atoms with E-state index in [1.54, 1.807) is 0 Å². The molecule has 20 heavy (non-hydrogen) atoms. The molecule has 0 saturated heterocycles. The first-order valence-corrected chi connectivity index (χ1v) is 7.10. The lowest BCUT2D eigenvalue weighted by Gasteiger charge is -2.11. The van der Waals surface area contributed by atoms with Crippen LogP contribution in [0.15, 0.2) is 17.0 Å². The quantitative estimate of drug-likeness (QED) is 0.851. The topological polar surface area (TPSA) is 107 Å². The minimum absolute atomic E-state index is 0.142. The Balaban J connectivity index is 3.24. The van der Waals surface area contributed by atoms with Crippen LogP contribution < -0.4 is 4.72 Å². The summed E-state index contributed by atoms with van der Waals surface area (Å²) in [5, 5.41) is 17.4. The molecular formula is C12H13FN2O4S. The van der Waals surface area contributed by atoms with Gasteiger partial charge in [-0.2, -0.15) is 5.26 Å². The van der Waals surface area contributed by atoms with Crippen LogP contribution in [0.3, 0.4) is 0 Å². The number of nitrogens with zero attached hydrogens (tertiary/aromatic N) is 1. The van der Waals surface area contributed by atoms with Crippen LogP contribution in [-0.4, -0.2) is 26.0 Å². The Labute approximate surface area is 115 Å². The maximum Gasteiger partial charge on any atom is 0.335 e. The number of benzene rings is 1. The smallest absolute Gasteiger partial charge is 0.335 e. The molecule has 6 nitrogen and oxygen atoms in total. The monoisotopic (exact) mass is 300 g/mol. The Hall–Kier alpha value is -1.98. The van der Waals surface area contributed by atoms with E-state index in [2.05, 4.69) is 4.72 Å². The van der Waals surface area contributed by atoms with E-state index in [1.807, 2.05) is 6.07 Å². The summed E-state index contributed by atoms with van der Waals surface area (Å²) in [5.74, 6) is -2.90. The molecule has 0 bridgehead atoms. The SMILES string of the molecule is Cc1c(F)cc(C(=O)O)cc1S(=O)(=O)NCC(C)C#N. The Bertz CT molecular complexity index is 679. The Morgan fingerprint density at radius 1 is 1.55 bits per heavy atom. The van der Waals surface area contributed by atoms with Crippen molar-refractivity contribution in [2.75, 3.05) is 6.54 Å². The van der Waals surface area contributed by atoms with Gasteiger partial charge in [0.15, 0.2) is 0 Å². The fraction of sp³-hybridized carbons (Fsp3) is 0.333. The molecule has 1 atom stereocenters. The molecule has 0 fully saturated rings. The van der Waals surface area contributed by atoms with Crippen molar-refractivity contribution in [2.24, 2.45) is 5.92 Å². The second-order valence-electron chi connectivity index (χ2n) is 4.27. The average molecular weight is 300 g/mol. The molecule has 1 aromatic rings. The Morgan fingerprint density at radius 3 is 2.65 bits per heavy atom. The molecule has 0 saturated carbocycles. The third kappa shape index (κ3) is 3.53. The second-order valence-corrected chi connectivity index (χ2v) is 6.00. The van der Waals surface area contributed by atoms with Gasteiger partial charge in [0.05, 0.1) is 22.4 Å². The maximum absolute atomic E-state index is 13.6. The fourth-order valence-corrected chi connectivity index (χ4v) is 2.82. The highest BCUT2D eigenvalue weighted by molar-refractivity contribution is 7.89. The van der Waals surface area contributed by atoms with Crippen molar-refractivity contribution in [3.05, 3.63) is 29.1 Å². The van der Waals surface area contributed by atoms with Crippen LogP contribution in [0.4, 0.5) is 4.39 Å². The number of carbonyl (C=O) groups is 1. The van der Waals surface area contributed by atoms with Crippen LogP contribution in [0.5, 0.6) is 0 Å². The largest absolute Gasteiger partial charge is 0.478 e. The average Bonchev–Trinajstić information content (AvgIpc) is 2.38. The Kier molecular flexibility index (Phi) is 4.81. The van der Waals surface area contributed by atoms with Gasteiger partial charge in [-0.15, -0.1) is 0 Å². The fourth-order valence-electron chi connectivity index (χ4n) is 1.41. The lowest BCUT2D eigenvalue weighted by Crippen LogP contribution is -2.29. The lowest BCUT2D eigenvalue weighted by atomic mass is 10.1. The van der Waals surface area contributed by atoms with E-state index < -0.39 is 38.2 Å². The van der Waals surface area contributed by atoms with E-state index in [4.69, 9.17) is 10.4 Å². The molecule has 0 aliphatic heterocycles. The molecule has 1 rings (SSSR count). The number of hydrogen-bond donors (Lipinski definition) is 2. The van der Waals surface area contributed by atoms with Crippen molar-refractivity contribution in [2.45, 2.75) is 18.7 Å². The van der Waals surface area contributed by atoms with Gasteiger partial charge in [-0.3, -0.25) is 0 Å². The molecule has 0 heterocycles. The van der Waals surface area contributed by atoms with Crippen molar-refractivity contribution in [3.8, 4) is 6.07 Å². The van der Waals surface area contributed by atoms with E-state index in [9.17, 15) is 17.6 Å². The van der Waals surface area contributed by atoms with E-state index in [-0.39, 0.29) is 12.1 Å². The van der Waals surface area contributed by atoms with Gasteiger partial charge in [0.25, 0.3) is 0 Å². The summed E-state index contributed by atoms with van der Waals surface area (Å²) in [4.78, 5) is 10.4. The van der Waals surface area contributed by atoms with E-state index in [0.29, 0.717) is 0 Å². The lowest BCUT2D eigenvalue weighted by molar-refractivity contribution is 0.0696. The van der Waals surface area contributed by atoms with Gasteiger partial charge in [-0.1, -0.05) is 0 Å². The van der Waals surface area contributed by atoms with Crippen LogP contribution in [0.2, 0.25) is 0 Å². The normalized spacial score (nSPS) is 12.7. The van der Waals surface area contributed by atoms with Gasteiger partial charge in [-0.05, 0) is 26.0 Å². The molecule has 0 aliphatic carbocycles. The zero-order valence-electron chi connectivity index (χ0n) is 10.8.